The van der Waals surface area contributed by atoms with Crippen LogP contribution < -0.4 is 0 Å². The largest absolute Gasteiger partial charge is 0.411 e. The van der Waals surface area contributed by atoms with Gasteiger partial charge < -0.3 is 10.2 Å². The fourth-order valence-electron chi connectivity index (χ4n) is 1.52. The molecule has 3 nitrogen and oxygen atoms in total. The van der Waals surface area contributed by atoms with Gasteiger partial charge >= 0.3 is 0 Å². The number of oxime groups is 1. The molecule has 2 aromatic rings. The van der Waals surface area contributed by atoms with E-state index in [1.165, 1.54) is 6.21 Å². The zero-order valence-corrected chi connectivity index (χ0v) is 7.28. The molecule has 0 radical (unpaired) electrons. The molecule has 0 spiro atoms. The van der Waals surface area contributed by atoms with Crippen LogP contribution in [0.4, 0.5) is 0 Å². The van der Waals surface area contributed by atoms with Gasteiger partial charge in [0.05, 0.1) is 6.21 Å². The van der Waals surface area contributed by atoms with Crippen molar-refractivity contribution in [2.75, 3.05) is 0 Å². The van der Waals surface area contributed by atoms with E-state index in [0.717, 1.165) is 22.2 Å². The molecule has 13 heavy (non-hydrogen) atoms. The van der Waals surface area contributed by atoms with Crippen LogP contribution in [-0.4, -0.2) is 16.4 Å². The van der Waals surface area contributed by atoms with Gasteiger partial charge in [0.1, 0.15) is 0 Å². The van der Waals surface area contributed by atoms with Gasteiger partial charge in [0.15, 0.2) is 0 Å². The van der Waals surface area contributed by atoms with Gasteiger partial charge in [-0.1, -0.05) is 23.4 Å². The summed E-state index contributed by atoms with van der Waals surface area (Å²) in [7, 11) is 0. The van der Waals surface area contributed by atoms with Crippen molar-refractivity contribution in [1.29, 1.82) is 0 Å². The average Bonchev–Trinajstić information content (AvgIpc) is 2.44. The first-order valence-electron chi connectivity index (χ1n) is 4.07. The van der Waals surface area contributed by atoms with Gasteiger partial charge in [-0.15, -0.1) is 0 Å². The number of aromatic nitrogens is 1. The molecule has 0 fully saturated rings. The van der Waals surface area contributed by atoms with Crippen molar-refractivity contribution in [2.24, 2.45) is 5.16 Å². The molecule has 0 aliphatic heterocycles. The Morgan fingerprint density at radius 3 is 2.92 bits per heavy atom. The van der Waals surface area contributed by atoms with E-state index in [2.05, 4.69) is 10.1 Å². The third-order valence-corrected chi connectivity index (χ3v) is 2.13. The minimum absolute atomic E-state index is 0.943. The molecule has 2 N–H and O–H groups in total. The maximum atomic E-state index is 8.48. The predicted molar refractivity (Wildman–Crippen MR) is 52.4 cm³/mol. The molecular weight excluding hydrogens is 164 g/mol. The first-order valence-corrected chi connectivity index (χ1v) is 4.07. The highest BCUT2D eigenvalue weighted by Crippen LogP contribution is 2.19. The number of nitrogens with one attached hydrogen (secondary N) is 1. The molecular formula is C10H10N2O. The van der Waals surface area contributed by atoms with Crippen molar-refractivity contribution >= 4 is 17.1 Å². The normalized spacial score (nSPS) is 11.5. The van der Waals surface area contributed by atoms with Gasteiger partial charge in [-0.05, 0) is 13.0 Å². The highest BCUT2D eigenvalue weighted by atomic mass is 16.4. The van der Waals surface area contributed by atoms with Crippen LogP contribution in [0.15, 0.2) is 29.4 Å². The number of fused-ring (bicyclic) bond motifs is 1. The van der Waals surface area contributed by atoms with Crippen LogP contribution in [0.5, 0.6) is 0 Å². The topological polar surface area (TPSA) is 48.4 Å². The third kappa shape index (κ3) is 1.18. The summed E-state index contributed by atoms with van der Waals surface area (Å²) in [5.74, 6) is 0. The van der Waals surface area contributed by atoms with Crippen molar-refractivity contribution in [3.63, 3.8) is 0 Å². The maximum absolute atomic E-state index is 8.48. The predicted octanol–water partition coefficient (Wildman–Crippen LogP) is 2.28. The molecule has 0 aliphatic rings. The molecule has 0 saturated carbocycles. The van der Waals surface area contributed by atoms with Crippen molar-refractivity contribution in [1.82, 2.24) is 4.98 Å². The molecule has 2 rings (SSSR count). The van der Waals surface area contributed by atoms with Gasteiger partial charge in [-0.3, -0.25) is 0 Å². The Bertz CT molecular complexity index is 457. The Morgan fingerprint density at radius 2 is 2.15 bits per heavy atom. The second kappa shape index (κ2) is 2.94. The van der Waals surface area contributed by atoms with E-state index in [1.807, 2.05) is 31.2 Å². The minimum atomic E-state index is 0.943. The van der Waals surface area contributed by atoms with E-state index in [-0.39, 0.29) is 0 Å². The number of hydrogen-bond acceptors (Lipinski definition) is 2. The molecule has 66 valence electrons. The summed E-state index contributed by atoms with van der Waals surface area (Å²) >= 11 is 0. The molecule has 1 aromatic heterocycles. The standard InChI is InChI=1S/C10H10N2O/c1-7-9(6-11-13)8-4-2-3-5-10(8)12-7/h2-6,12-13H,1H3/b11-6+. The van der Waals surface area contributed by atoms with Crippen molar-refractivity contribution in [3.05, 3.63) is 35.5 Å². The van der Waals surface area contributed by atoms with Crippen LogP contribution in [0.25, 0.3) is 10.9 Å². The number of aromatic amines is 1. The van der Waals surface area contributed by atoms with Crippen LogP contribution in [-0.2, 0) is 0 Å². The quantitative estimate of drug-likeness (QED) is 0.389. The molecule has 0 bridgehead atoms. The lowest BCUT2D eigenvalue weighted by molar-refractivity contribution is 0.322. The van der Waals surface area contributed by atoms with E-state index in [4.69, 9.17) is 5.21 Å². The van der Waals surface area contributed by atoms with Crippen LogP contribution in [0.2, 0.25) is 0 Å². The molecule has 0 unspecified atom stereocenters. The van der Waals surface area contributed by atoms with E-state index in [0.29, 0.717) is 0 Å². The molecule has 0 amide bonds. The highest BCUT2D eigenvalue weighted by molar-refractivity contribution is 6.00. The summed E-state index contributed by atoms with van der Waals surface area (Å²) in [6, 6.07) is 7.93. The van der Waals surface area contributed by atoms with Gasteiger partial charge in [0, 0.05) is 22.2 Å². The summed E-state index contributed by atoms with van der Waals surface area (Å²) in [4.78, 5) is 3.21. The van der Waals surface area contributed by atoms with Crippen LogP contribution in [0, 0.1) is 6.92 Å². The fourth-order valence-corrected chi connectivity index (χ4v) is 1.52. The lowest BCUT2D eigenvalue weighted by Crippen LogP contribution is -1.81. The molecule has 0 atom stereocenters. The van der Waals surface area contributed by atoms with Crippen molar-refractivity contribution < 1.29 is 5.21 Å². The fraction of sp³-hybridized carbons (Fsp3) is 0.100. The Balaban J connectivity index is 2.78. The molecule has 0 aliphatic carbocycles. The van der Waals surface area contributed by atoms with Crippen LogP contribution in [0.3, 0.4) is 0 Å². The van der Waals surface area contributed by atoms with E-state index < -0.39 is 0 Å². The first kappa shape index (κ1) is 7.86. The van der Waals surface area contributed by atoms with Crippen molar-refractivity contribution in [3.8, 4) is 0 Å². The van der Waals surface area contributed by atoms with Gasteiger partial charge in [-0.2, -0.15) is 0 Å². The highest BCUT2D eigenvalue weighted by Gasteiger charge is 2.04. The van der Waals surface area contributed by atoms with E-state index >= 15 is 0 Å². The monoisotopic (exact) mass is 174 g/mol. The Kier molecular flexibility index (Phi) is 1.77. The van der Waals surface area contributed by atoms with Crippen LogP contribution >= 0.6 is 0 Å². The summed E-state index contributed by atoms with van der Waals surface area (Å²) in [5.41, 5.74) is 3.02. The second-order valence-electron chi connectivity index (χ2n) is 2.95. The third-order valence-electron chi connectivity index (χ3n) is 2.13. The Labute approximate surface area is 75.7 Å². The smallest absolute Gasteiger partial charge is 0.0758 e. The molecule has 1 heterocycles. The average molecular weight is 174 g/mol. The van der Waals surface area contributed by atoms with Crippen LogP contribution in [0.1, 0.15) is 11.3 Å². The first-order chi connectivity index (χ1) is 6.33. The zero-order chi connectivity index (χ0) is 9.26. The number of aryl methyl sites for hydroxylation is 1. The van der Waals surface area contributed by atoms with Gasteiger partial charge in [0.25, 0.3) is 0 Å². The molecule has 0 saturated heterocycles. The lowest BCUT2D eigenvalue weighted by atomic mass is 10.1. The van der Waals surface area contributed by atoms with Gasteiger partial charge in [0.2, 0.25) is 0 Å². The van der Waals surface area contributed by atoms with E-state index in [1.54, 1.807) is 0 Å². The number of hydrogen-bond donors (Lipinski definition) is 2. The molecule has 1 aromatic carbocycles. The summed E-state index contributed by atoms with van der Waals surface area (Å²) < 4.78 is 0. The minimum Gasteiger partial charge on any atom is -0.411 e. The summed E-state index contributed by atoms with van der Waals surface area (Å²) in [6.07, 6.45) is 1.45. The SMILES string of the molecule is Cc1[nH]c2ccccc2c1/C=N/O. The number of nitrogens with zero attached hydrogens (tertiary/aromatic N) is 1. The number of H-pyrrole nitrogens is 1. The number of para-hydroxylation sites is 1. The van der Waals surface area contributed by atoms with E-state index in [9.17, 15) is 0 Å². The summed E-state index contributed by atoms with van der Waals surface area (Å²) in [5, 5.41) is 12.6. The maximum Gasteiger partial charge on any atom is 0.0758 e. The number of rotatable bonds is 1. The zero-order valence-electron chi connectivity index (χ0n) is 7.28. The molecule has 3 heteroatoms. The number of benzene rings is 1. The Morgan fingerprint density at radius 1 is 1.38 bits per heavy atom. The lowest BCUT2D eigenvalue weighted by Gasteiger charge is -1.89. The Hall–Kier alpha value is -1.77. The van der Waals surface area contributed by atoms with Gasteiger partial charge in [-0.25, -0.2) is 0 Å². The van der Waals surface area contributed by atoms with Crippen molar-refractivity contribution in [2.45, 2.75) is 6.92 Å². The summed E-state index contributed by atoms with van der Waals surface area (Å²) in [6.45, 7) is 1.96. The second-order valence-corrected chi connectivity index (χ2v) is 2.95.